The van der Waals surface area contributed by atoms with Crippen molar-refractivity contribution in [3.8, 4) is 0 Å². The molecule has 0 saturated carbocycles. The average molecular weight is 256 g/mol. The predicted molar refractivity (Wildman–Crippen MR) is 77.9 cm³/mol. The Balaban J connectivity index is 2.10. The summed E-state index contributed by atoms with van der Waals surface area (Å²) >= 11 is 0. The van der Waals surface area contributed by atoms with Crippen LogP contribution in [-0.2, 0) is 11.2 Å². The Morgan fingerprint density at radius 1 is 1.21 bits per heavy atom. The van der Waals surface area contributed by atoms with Crippen molar-refractivity contribution in [1.82, 2.24) is 4.98 Å². The molecule has 1 aromatic heterocycles. The third-order valence-electron chi connectivity index (χ3n) is 3.15. The number of ketones is 1. The second-order valence-corrected chi connectivity index (χ2v) is 5.37. The third kappa shape index (κ3) is 3.61. The van der Waals surface area contributed by atoms with Crippen LogP contribution in [0, 0.1) is 5.92 Å². The maximum atomic E-state index is 12.0. The smallest absolute Gasteiger partial charge is 0.155 e. The largest absolute Gasteiger partial charge is 0.321 e. The SMILES string of the molecule is CC(C)CC(N)C(=O)Cc1ccc2ccccc2n1. The number of carbonyl (C=O) groups excluding carboxylic acids is 1. The van der Waals surface area contributed by atoms with E-state index in [9.17, 15) is 4.79 Å². The van der Waals surface area contributed by atoms with E-state index in [0.29, 0.717) is 12.3 Å². The fourth-order valence-electron chi connectivity index (χ4n) is 2.16. The zero-order valence-corrected chi connectivity index (χ0v) is 11.5. The van der Waals surface area contributed by atoms with E-state index in [4.69, 9.17) is 5.73 Å². The molecule has 1 aromatic carbocycles. The molecule has 1 unspecified atom stereocenters. The Morgan fingerprint density at radius 3 is 2.68 bits per heavy atom. The van der Waals surface area contributed by atoms with Crippen LogP contribution >= 0.6 is 0 Å². The van der Waals surface area contributed by atoms with Crippen molar-refractivity contribution in [2.24, 2.45) is 11.7 Å². The highest BCUT2D eigenvalue weighted by molar-refractivity contribution is 5.86. The summed E-state index contributed by atoms with van der Waals surface area (Å²) in [6.45, 7) is 4.14. The minimum atomic E-state index is -0.381. The monoisotopic (exact) mass is 256 g/mol. The highest BCUT2D eigenvalue weighted by Crippen LogP contribution is 2.13. The fourth-order valence-corrected chi connectivity index (χ4v) is 2.16. The van der Waals surface area contributed by atoms with E-state index in [-0.39, 0.29) is 11.8 Å². The third-order valence-corrected chi connectivity index (χ3v) is 3.15. The van der Waals surface area contributed by atoms with Crippen molar-refractivity contribution in [2.75, 3.05) is 0 Å². The van der Waals surface area contributed by atoms with Crippen molar-refractivity contribution < 1.29 is 4.79 Å². The Labute approximate surface area is 113 Å². The van der Waals surface area contributed by atoms with Crippen molar-refractivity contribution in [2.45, 2.75) is 32.7 Å². The summed E-state index contributed by atoms with van der Waals surface area (Å²) in [5, 5.41) is 1.09. The van der Waals surface area contributed by atoms with Gasteiger partial charge in [-0.05, 0) is 24.5 Å². The van der Waals surface area contributed by atoms with Crippen LogP contribution in [0.15, 0.2) is 36.4 Å². The summed E-state index contributed by atoms with van der Waals surface area (Å²) in [5.74, 6) is 0.500. The van der Waals surface area contributed by atoms with Crippen molar-refractivity contribution in [3.05, 3.63) is 42.1 Å². The zero-order chi connectivity index (χ0) is 13.8. The van der Waals surface area contributed by atoms with Crippen LogP contribution in [0.3, 0.4) is 0 Å². The maximum absolute atomic E-state index is 12.0. The lowest BCUT2D eigenvalue weighted by molar-refractivity contribution is -0.120. The Bertz CT molecular complexity index is 578. The molecule has 3 nitrogen and oxygen atoms in total. The average Bonchev–Trinajstić information content (AvgIpc) is 2.37. The first kappa shape index (κ1) is 13.7. The van der Waals surface area contributed by atoms with E-state index in [2.05, 4.69) is 18.8 Å². The van der Waals surface area contributed by atoms with Gasteiger partial charge in [0.2, 0.25) is 0 Å². The lowest BCUT2D eigenvalue weighted by Crippen LogP contribution is -2.33. The van der Waals surface area contributed by atoms with E-state index < -0.39 is 0 Å². The molecule has 0 fully saturated rings. The summed E-state index contributed by atoms with van der Waals surface area (Å²) in [5.41, 5.74) is 7.62. The minimum Gasteiger partial charge on any atom is -0.321 e. The fraction of sp³-hybridized carbons (Fsp3) is 0.375. The number of benzene rings is 1. The molecule has 0 aliphatic rings. The quantitative estimate of drug-likeness (QED) is 0.895. The highest BCUT2D eigenvalue weighted by atomic mass is 16.1. The van der Waals surface area contributed by atoms with Crippen molar-refractivity contribution in [1.29, 1.82) is 0 Å². The van der Waals surface area contributed by atoms with Crippen LogP contribution in [-0.4, -0.2) is 16.8 Å². The second kappa shape index (κ2) is 5.93. The van der Waals surface area contributed by atoms with E-state index in [1.54, 1.807) is 0 Å². The molecule has 1 heterocycles. The molecule has 2 N–H and O–H groups in total. The molecule has 0 aliphatic carbocycles. The Hall–Kier alpha value is -1.74. The molecule has 2 rings (SSSR count). The molecule has 2 aromatic rings. The highest BCUT2D eigenvalue weighted by Gasteiger charge is 2.16. The van der Waals surface area contributed by atoms with Gasteiger partial charge >= 0.3 is 0 Å². The molecule has 3 heteroatoms. The van der Waals surface area contributed by atoms with Crippen LogP contribution in [0.2, 0.25) is 0 Å². The van der Waals surface area contributed by atoms with Gasteiger partial charge in [0.15, 0.2) is 5.78 Å². The Morgan fingerprint density at radius 2 is 1.95 bits per heavy atom. The number of rotatable bonds is 5. The number of aromatic nitrogens is 1. The molecule has 1 atom stereocenters. The first-order valence-corrected chi connectivity index (χ1v) is 6.69. The van der Waals surface area contributed by atoms with Gasteiger partial charge in [-0.2, -0.15) is 0 Å². The molecule has 100 valence electrons. The summed E-state index contributed by atoms with van der Waals surface area (Å²) in [6.07, 6.45) is 1.05. The number of carbonyl (C=O) groups is 1. The van der Waals surface area contributed by atoms with Crippen molar-refractivity contribution >= 4 is 16.7 Å². The number of hydrogen-bond acceptors (Lipinski definition) is 3. The number of fused-ring (bicyclic) bond motifs is 1. The standard InChI is InChI=1S/C16H20N2O/c1-11(2)9-14(17)16(19)10-13-8-7-12-5-3-4-6-15(12)18-13/h3-8,11,14H,9-10,17H2,1-2H3. The van der Waals surface area contributed by atoms with Crippen LogP contribution in [0.5, 0.6) is 0 Å². The molecule has 0 saturated heterocycles. The van der Waals surface area contributed by atoms with Gasteiger partial charge < -0.3 is 5.73 Å². The first-order valence-electron chi connectivity index (χ1n) is 6.69. The summed E-state index contributed by atoms with van der Waals surface area (Å²) in [6, 6.07) is 11.4. The summed E-state index contributed by atoms with van der Waals surface area (Å²) in [4.78, 5) is 16.5. The number of hydrogen-bond donors (Lipinski definition) is 1. The molecular weight excluding hydrogens is 236 g/mol. The summed E-state index contributed by atoms with van der Waals surface area (Å²) < 4.78 is 0. The normalized spacial score (nSPS) is 12.8. The van der Waals surface area contributed by atoms with Crippen LogP contribution in [0.1, 0.15) is 26.0 Å². The lowest BCUT2D eigenvalue weighted by atomic mass is 9.98. The molecule has 0 aliphatic heterocycles. The van der Waals surface area contributed by atoms with E-state index in [1.807, 2.05) is 36.4 Å². The molecular formula is C16H20N2O. The lowest BCUT2D eigenvalue weighted by Gasteiger charge is -2.12. The van der Waals surface area contributed by atoms with Gasteiger partial charge in [0, 0.05) is 11.1 Å². The maximum Gasteiger partial charge on any atom is 0.155 e. The van der Waals surface area contributed by atoms with E-state index >= 15 is 0 Å². The zero-order valence-electron chi connectivity index (χ0n) is 11.5. The second-order valence-electron chi connectivity index (χ2n) is 5.37. The number of pyridine rings is 1. The van der Waals surface area contributed by atoms with Crippen LogP contribution in [0.25, 0.3) is 10.9 Å². The number of para-hydroxylation sites is 1. The van der Waals surface area contributed by atoms with Crippen LogP contribution < -0.4 is 5.73 Å². The molecule has 0 spiro atoms. The van der Waals surface area contributed by atoms with E-state index in [1.165, 1.54) is 0 Å². The van der Waals surface area contributed by atoms with Crippen LogP contribution in [0.4, 0.5) is 0 Å². The molecule has 0 amide bonds. The first-order chi connectivity index (χ1) is 9.06. The molecule has 0 bridgehead atoms. The number of Topliss-reactive ketones (excluding diaryl/α,β-unsaturated/α-hetero) is 1. The number of nitrogens with two attached hydrogens (primary N) is 1. The molecule has 19 heavy (non-hydrogen) atoms. The van der Waals surface area contributed by atoms with Gasteiger partial charge in [0.05, 0.1) is 18.0 Å². The van der Waals surface area contributed by atoms with Gasteiger partial charge in [-0.25, -0.2) is 0 Å². The minimum absolute atomic E-state index is 0.0662. The van der Waals surface area contributed by atoms with Gasteiger partial charge in [-0.1, -0.05) is 38.1 Å². The predicted octanol–water partition coefficient (Wildman–Crippen LogP) is 2.72. The van der Waals surface area contributed by atoms with E-state index in [0.717, 1.165) is 23.0 Å². The summed E-state index contributed by atoms with van der Waals surface area (Å²) in [7, 11) is 0. The number of nitrogens with zero attached hydrogens (tertiary/aromatic N) is 1. The topological polar surface area (TPSA) is 56.0 Å². The van der Waals surface area contributed by atoms with Gasteiger partial charge in [-0.3, -0.25) is 9.78 Å². The Kier molecular flexibility index (Phi) is 4.27. The van der Waals surface area contributed by atoms with Gasteiger partial charge in [0.25, 0.3) is 0 Å². The molecule has 0 radical (unpaired) electrons. The van der Waals surface area contributed by atoms with Crippen molar-refractivity contribution in [3.63, 3.8) is 0 Å². The van der Waals surface area contributed by atoms with Gasteiger partial charge in [0.1, 0.15) is 0 Å². The van der Waals surface area contributed by atoms with Gasteiger partial charge in [-0.15, -0.1) is 0 Å².